The Kier molecular flexibility index (Phi) is 7.98. The summed E-state index contributed by atoms with van der Waals surface area (Å²) in [5, 5.41) is 2.68. The summed E-state index contributed by atoms with van der Waals surface area (Å²) in [6.45, 7) is 3.90. The number of rotatable bonds is 10. The summed E-state index contributed by atoms with van der Waals surface area (Å²) in [7, 11) is -2.14. The van der Waals surface area contributed by atoms with Crippen molar-refractivity contribution in [1.82, 2.24) is 4.72 Å². The smallest absolute Gasteiger partial charge is 0.262 e. The molecule has 7 nitrogen and oxygen atoms in total. The van der Waals surface area contributed by atoms with Crippen LogP contribution in [0.4, 0.5) is 5.69 Å². The number of sulfonamides is 1. The molecule has 0 saturated carbocycles. The van der Waals surface area contributed by atoms with Crippen LogP contribution in [0.15, 0.2) is 53.4 Å². The number of aryl methyl sites for hydroxylation is 1. The van der Waals surface area contributed by atoms with Crippen molar-refractivity contribution in [3.63, 3.8) is 0 Å². The van der Waals surface area contributed by atoms with Crippen LogP contribution in [0.25, 0.3) is 0 Å². The number of anilines is 1. The van der Waals surface area contributed by atoms with Crippen LogP contribution in [0, 0.1) is 0 Å². The molecule has 0 aliphatic rings. The van der Waals surface area contributed by atoms with E-state index in [4.69, 9.17) is 9.47 Å². The maximum Gasteiger partial charge on any atom is 0.262 e. The molecule has 1 unspecified atom stereocenters. The lowest BCUT2D eigenvalue weighted by Crippen LogP contribution is -2.35. The zero-order valence-electron chi connectivity index (χ0n) is 16.3. The van der Waals surface area contributed by atoms with Gasteiger partial charge in [-0.1, -0.05) is 19.1 Å². The summed E-state index contributed by atoms with van der Waals surface area (Å²) in [5.41, 5.74) is 1.61. The van der Waals surface area contributed by atoms with Gasteiger partial charge in [0.05, 0.1) is 11.5 Å². The maximum absolute atomic E-state index is 12.3. The molecule has 28 heavy (non-hydrogen) atoms. The van der Waals surface area contributed by atoms with Gasteiger partial charge in [-0.05, 0) is 55.3 Å². The van der Waals surface area contributed by atoms with Gasteiger partial charge in [0.2, 0.25) is 10.0 Å². The van der Waals surface area contributed by atoms with Crippen molar-refractivity contribution in [2.75, 3.05) is 25.6 Å². The molecule has 152 valence electrons. The molecule has 2 aromatic carbocycles. The Morgan fingerprint density at radius 3 is 2.50 bits per heavy atom. The van der Waals surface area contributed by atoms with Crippen LogP contribution >= 0.6 is 0 Å². The molecule has 1 atom stereocenters. The molecule has 0 fully saturated rings. The van der Waals surface area contributed by atoms with Crippen molar-refractivity contribution in [3.8, 4) is 5.75 Å². The van der Waals surface area contributed by atoms with Crippen LogP contribution in [0.5, 0.6) is 5.75 Å². The summed E-state index contributed by atoms with van der Waals surface area (Å²) in [5.74, 6) is 0.302. The number of benzene rings is 2. The lowest BCUT2D eigenvalue weighted by Gasteiger charge is -2.13. The Bertz CT molecular complexity index is 882. The second-order valence-electron chi connectivity index (χ2n) is 6.34. The predicted octanol–water partition coefficient (Wildman–Crippen LogP) is 2.58. The van der Waals surface area contributed by atoms with Gasteiger partial charge in [0.1, 0.15) is 5.75 Å². The molecular formula is C20H26N2O5S. The quantitative estimate of drug-likeness (QED) is 0.633. The number of hydrogen-bond donors (Lipinski definition) is 2. The Morgan fingerprint density at radius 2 is 1.86 bits per heavy atom. The zero-order chi connectivity index (χ0) is 20.6. The lowest BCUT2D eigenvalue weighted by atomic mass is 10.2. The minimum Gasteiger partial charge on any atom is -0.484 e. The maximum atomic E-state index is 12.3. The van der Waals surface area contributed by atoms with E-state index >= 15 is 0 Å². The van der Waals surface area contributed by atoms with E-state index in [2.05, 4.69) is 10.0 Å². The van der Waals surface area contributed by atoms with Gasteiger partial charge in [0, 0.05) is 18.8 Å². The molecule has 1 amide bonds. The molecule has 0 radical (unpaired) electrons. The van der Waals surface area contributed by atoms with Gasteiger partial charge < -0.3 is 14.8 Å². The number of methoxy groups -OCH3 is 1. The highest BCUT2D eigenvalue weighted by Gasteiger charge is 2.17. The second kappa shape index (κ2) is 10.2. The lowest BCUT2D eigenvalue weighted by molar-refractivity contribution is -0.118. The molecule has 0 bridgehead atoms. The van der Waals surface area contributed by atoms with Crippen LogP contribution in [0.1, 0.15) is 19.4 Å². The number of nitrogens with one attached hydrogen (secondary N) is 2. The van der Waals surface area contributed by atoms with Crippen molar-refractivity contribution in [3.05, 3.63) is 54.1 Å². The van der Waals surface area contributed by atoms with E-state index in [0.717, 1.165) is 12.0 Å². The Hall–Kier alpha value is -2.42. The fourth-order valence-corrected chi connectivity index (χ4v) is 3.76. The fourth-order valence-electron chi connectivity index (χ4n) is 2.54. The first-order valence-corrected chi connectivity index (χ1v) is 10.4. The summed E-state index contributed by atoms with van der Waals surface area (Å²) in [6, 6.07) is 13.1. The first-order valence-electron chi connectivity index (χ1n) is 8.97. The minimum absolute atomic E-state index is 0.112. The molecule has 2 N–H and O–H groups in total. The highest BCUT2D eigenvalue weighted by molar-refractivity contribution is 7.89. The third-order valence-corrected chi connectivity index (χ3v) is 5.50. The highest BCUT2D eigenvalue weighted by atomic mass is 32.2. The van der Waals surface area contributed by atoms with Gasteiger partial charge in [-0.15, -0.1) is 0 Å². The van der Waals surface area contributed by atoms with Gasteiger partial charge in [-0.3, -0.25) is 4.79 Å². The Morgan fingerprint density at radius 1 is 1.14 bits per heavy atom. The molecule has 0 aliphatic heterocycles. The summed E-state index contributed by atoms with van der Waals surface area (Å²) in [6.07, 6.45) is 0.887. The number of carbonyl (C=O) groups excluding carboxylic acids is 1. The van der Waals surface area contributed by atoms with Crippen LogP contribution in [-0.4, -0.2) is 40.7 Å². The molecule has 8 heteroatoms. The van der Waals surface area contributed by atoms with Crippen LogP contribution in [-0.2, 0) is 26.0 Å². The van der Waals surface area contributed by atoms with Gasteiger partial charge in [-0.2, -0.15) is 0 Å². The number of ether oxygens (including phenoxy) is 2. The van der Waals surface area contributed by atoms with Crippen LogP contribution in [0.3, 0.4) is 0 Å². The Balaban J connectivity index is 1.91. The largest absolute Gasteiger partial charge is 0.484 e. The molecular weight excluding hydrogens is 380 g/mol. The predicted molar refractivity (Wildman–Crippen MR) is 108 cm³/mol. The van der Waals surface area contributed by atoms with Crippen molar-refractivity contribution >= 4 is 21.6 Å². The van der Waals surface area contributed by atoms with E-state index in [1.807, 2.05) is 25.1 Å². The molecule has 0 aliphatic carbocycles. The molecule has 0 saturated heterocycles. The summed E-state index contributed by atoms with van der Waals surface area (Å²) >= 11 is 0. The van der Waals surface area contributed by atoms with E-state index < -0.39 is 10.0 Å². The molecule has 0 aromatic heterocycles. The standard InChI is InChI=1S/C20H26N2O5S/c1-4-16-6-5-7-18(12-16)27-14-20(23)21-17-8-10-19(11-9-17)28(24,25)22-15(2)13-26-3/h5-12,15,22H,4,13-14H2,1-3H3,(H,21,23). The van der Waals surface area contributed by atoms with Gasteiger partial charge in [0.25, 0.3) is 5.91 Å². The van der Waals surface area contributed by atoms with Crippen LogP contribution in [0.2, 0.25) is 0 Å². The molecule has 0 spiro atoms. The van der Waals surface area contributed by atoms with Crippen molar-refractivity contribution in [2.24, 2.45) is 0 Å². The average molecular weight is 407 g/mol. The monoisotopic (exact) mass is 406 g/mol. The van der Waals surface area contributed by atoms with Gasteiger partial charge in [-0.25, -0.2) is 13.1 Å². The average Bonchev–Trinajstić information content (AvgIpc) is 2.67. The number of carbonyl (C=O) groups is 1. The van der Waals surface area contributed by atoms with Crippen molar-refractivity contribution in [1.29, 1.82) is 0 Å². The van der Waals surface area contributed by atoms with Crippen LogP contribution < -0.4 is 14.8 Å². The van der Waals surface area contributed by atoms with E-state index in [-0.39, 0.29) is 30.1 Å². The number of amides is 1. The first-order chi connectivity index (χ1) is 13.3. The molecule has 2 rings (SSSR count). The second-order valence-corrected chi connectivity index (χ2v) is 8.05. The topological polar surface area (TPSA) is 93.7 Å². The minimum atomic E-state index is -3.65. The summed E-state index contributed by atoms with van der Waals surface area (Å²) < 4.78 is 37.5. The fraction of sp³-hybridized carbons (Fsp3) is 0.350. The molecule has 0 heterocycles. The normalized spacial score (nSPS) is 12.4. The Labute approximate surface area is 166 Å². The summed E-state index contributed by atoms with van der Waals surface area (Å²) in [4.78, 5) is 12.2. The first kappa shape index (κ1) is 21.9. The van der Waals surface area contributed by atoms with Crippen molar-refractivity contribution in [2.45, 2.75) is 31.2 Å². The van der Waals surface area contributed by atoms with E-state index in [0.29, 0.717) is 11.4 Å². The third-order valence-electron chi connectivity index (χ3n) is 3.90. The van der Waals surface area contributed by atoms with E-state index in [1.54, 1.807) is 13.0 Å². The van der Waals surface area contributed by atoms with Crippen molar-refractivity contribution < 1.29 is 22.7 Å². The number of hydrogen-bond acceptors (Lipinski definition) is 5. The van der Waals surface area contributed by atoms with E-state index in [9.17, 15) is 13.2 Å². The molecule has 2 aromatic rings. The SMILES string of the molecule is CCc1cccc(OCC(=O)Nc2ccc(S(=O)(=O)NC(C)COC)cc2)c1. The third kappa shape index (κ3) is 6.63. The van der Waals surface area contributed by atoms with Gasteiger partial charge in [0.15, 0.2) is 6.61 Å². The van der Waals surface area contributed by atoms with E-state index in [1.165, 1.54) is 31.4 Å². The van der Waals surface area contributed by atoms with Gasteiger partial charge >= 0.3 is 0 Å². The zero-order valence-corrected chi connectivity index (χ0v) is 17.1. The highest BCUT2D eigenvalue weighted by Crippen LogP contribution is 2.16.